The Hall–Kier alpha value is -1.92. The zero-order valence-electron chi connectivity index (χ0n) is 9.48. The summed E-state index contributed by atoms with van der Waals surface area (Å²) in [7, 11) is 0. The van der Waals surface area contributed by atoms with Crippen LogP contribution in [0.3, 0.4) is 0 Å². The molecule has 0 aliphatic rings. The van der Waals surface area contributed by atoms with Crippen LogP contribution in [0, 0.1) is 11.6 Å². The highest BCUT2D eigenvalue weighted by Gasteiger charge is 2.12. The van der Waals surface area contributed by atoms with E-state index < -0.39 is 11.6 Å². The molecule has 0 spiro atoms. The highest BCUT2D eigenvalue weighted by Crippen LogP contribution is 2.17. The molecule has 1 unspecified atom stereocenters. The molecule has 3 N–H and O–H groups in total. The van der Waals surface area contributed by atoms with E-state index in [2.05, 4.69) is 15.4 Å². The molecule has 1 aromatic carbocycles. The number of nitrogens with two attached hydrogens (primary N) is 1. The maximum atomic E-state index is 13.1. The molecule has 1 aromatic heterocycles. The van der Waals surface area contributed by atoms with Crippen molar-refractivity contribution in [3.8, 4) is 0 Å². The van der Waals surface area contributed by atoms with Crippen LogP contribution in [0.1, 0.15) is 17.2 Å². The van der Waals surface area contributed by atoms with Crippen LogP contribution in [0.5, 0.6) is 0 Å². The first-order valence-corrected chi connectivity index (χ1v) is 5.35. The van der Waals surface area contributed by atoms with Crippen LogP contribution in [0.25, 0.3) is 0 Å². The Morgan fingerprint density at radius 2 is 1.89 bits per heavy atom. The Kier molecular flexibility index (Phi) is 3.91. The van der Waals surface area contributed by atoms with Crippen molar-refractivity contribution in [2.75, 3.05) is 0 Å². The second kappa shape index (κ2) is 5.61. The van der Waals surface area contributed by atoms with E-state index in [1.807, 2.05) is 0 Å². The summed E-state index contributed by atoms with van der Waals surface area (Å²) in [6.45, 7) is 0. The number of benzene rings is 1. The quantitative estimate of drug-likeness (QED) is 0.637. The fourth-order valence-electron chi connectivity index (χ4n) is 1.67. The number of halogens is 2. The van der Waals surface area contributed by atoms with Gasteiger partial charge in [-0.25, -0.2) is 18.7 Å². The van der Waals surface area contributed by atoms with Crippen molar-refractivity contribution >= 4 is 0 Å². The van der Waals surface area contributed by atoms with Gasteiger partial charge < -0.3 is 0 Å². The molecule has 4 nitrogen and oxygen atoms in total. The highest BCUT2D eigenvalue weighted by atomic mass is 19.2. The number of hydrazine groups is 1. The molecule has 2 rings (SSSR count). The number of hydrogen-bond acceptors (Lipinski definition) is 4. The van der Waals surface area contributed by atoms with Gasteiger partial charge in [0.05, 0.1) is 6.04 Å². The van der Waals surface area contributed by atoms with Gasteiger partial charge in [0.1, 0.15) is 6.33 Å². The zero-order valence-corrected chi connectivity index (χ0v) is 9.48. The average molecular weight is 250 g/mol. The van der Waals surface area contributed by atoms with E-state index in [4.69, 9.17) is 5.84 Å². The van der Waals surface area contributed by atoms with E-state index in [0.717, 1.165) is 17.7 Å². The fraction of sp³-hybridized carbons (Fsp3) is 0.167. The highest BCUT2D eigenvalue weighted by molar-refractivity contribution is 5.21. The maximum absolute atomic E-state index is 13.1. The van der Waals surface area contributed by atoms with Gasteiger partial charge >= 0.3 is 0 Å². The topological polar surface area (TPSA) is 63.8 Å². The molecule has 6 heteroatoms. The number of rotatable bonds is 4. The summed E-state index contributed by atoms with van der Waals surface area (Å²) in [6.07, 6.45) is 5.07. The van der Waals surface area contributed by atoms with Gasteiger partial charge in [0.15, 0.2) is 11.6 Å². The average Bonchev–Trinajstić information content (AvgIpc) is 2.41. The van der Waals surface area contributed by atoms with Crippen LogP contribution in [-0.2, 0) is 6.42 Å². The van der Waals surface area contributed by atoms with Crippen molar-refractivity contribution in [1.29, 1.82) is 0 Å². The zero-order chi connectivity index (χ0) is 13.0. The van der Waals surface area contributed by atoms with Crippen LogP contribution < -0.4 is 11.3 Å². The minimum absolute atomic E-state index is 0.254. The molecule has 0 saturated carbocycles. The molecule has 0 aliphatic carbocycles. The molecule has 0 aliphatic heterocycles. The number of hydrogen-bond donors (Lipinski definition) is 2. The van der Waals surface area contributed by atoms with Crippen LogP contribution >= 0.6 is 0 Å². The van der Waals surface area contributed by atoms with Crippen LogP contribution in [0.4, 0.5) is 8.78 Å². The normalized spacial score (nSPS) is 12.4. The van der Waals surface area contributed by atoms with Gasteiger partial charge in [0, 0.05) is 18.0 Å². The molecule has 94 valence electrons. The Bertz CT molecular complexity index is 519. The first kappa shape index (κ1) is 12.5. The summed E-state index contributed by atoms with van der Waals surface area (Å²) < 4.78 is 25.9. The SMILES string of the molecule is NNC(Cc1ccc(F)c(F)c1)c1cncnc1. The van der Waals surface area contributed by atoms with Gasteiger partial charge in [-0.05, 0) is 24.1 Å². The Morgan fingerprint density at radius 1 is 1.17 bits per heavy atom. The Balaban J connectivity index is 2.18. The molecule has 0 bridgehead atoms. The Morgan fingerprint density at radius 3 is 2.50 bits per heavy atom. The molecular formula is C12H12F2N4. The number of nitrogens with one attached hydrogen (secondary N) is 1. The van der Waals surface area contributed by atoms with E-state index in [-0.39, 0.29) is 6.04 Å². The lowest BCUT2D eigenvalue weighted by molar-refractivity contribution is 0.502. The molecule has 1 heterocycles. The minimum atomic E-state index is -0.868. The predicted octanol–water partition coefficient (Wildman–Crippen LogP) is 1.50. The monoisotopic (exact) mass is 250 g/mol. The van der Waals surface area contributed by atoms with Crippen LogP contribution in [0.2, 0.25) is 0 Å². The molecule has 0 amide bonds. The van der Waals surface area contributed by atoms with Crippen molar-refractivity contribution in [2.45, 2.75) is 12.5 Å². The Labute approximate surface area is 103 Å². The third kappa shape index (κ3) is 2.85. The second-order valence-corrected chi connectivity index (χ2v) is 3.84. The summed E-state index contributed by atoms with van der Waals surface area (Å²) in [4.78, 5) is 7.77. The summed E-state index contributed by atoms with van der Waals surface area (Å²) in [6, 6.07) is 3.52. The molecule has 2 aromatic rings. The molecule has 18 heavy (non-hydrogen) atoms. The van der Waals surface area contributed by atoms with E-state index >= 15 is 0 Å². The van der Waals surface area contributed by atoms with Crippen molar-refractivity contribution in [1.82, 2.24) is 15.4 Å². The molecule has 1 atom stereocenters. The molecule has 0 saturated heterocycles. The van der Waals surface area contributed by atoms with Crippen molar-refractivity contribution < 1.29 is 8.78 Å². The van der Waals surface area contributed by atoms with E-state index in [1.54, 1.807) is 12.4 Å². The van der Waals surface area contributed by atoms with Crippen LogP contribution in [0.15, 0.2) is 36.9 Å². The first-order valence-electron chi connectivity index (χ1n) is 5.35. The lowest BCUT2D eigenvalue weighted by Crippen LogP contribution is -2.29. The first-order chi connectivity index (χ1) is 8.70. The van der Waals surface area contributed by atoms with Crippen molar-refractivity contribution in [3.63, 3.8) is 0 Å². The summed E-state index contributed by atoms with van der Waals surface area (Å²) in [5.41, 5.74) is 4.03. The van der Waals surface area contributed by atoms with Crippen molar-refractivity contribution in [2.24, 2.45) is 5.84 Å². The second-order valence-electron chi connectivity index (χ2n) is 3.84. The van der Waals surface area contributed by atoms with Gasteiger partial charge in [0.25, 0.3) is 0 Å². The van der Waals surface area contributed by atoms with E-state index in [0.29, 0.717) is 12.0 Å². The third-order valence-corrected chi connectivity index (χ3v) is 2.61. The standard InChI is InChI=1S/C12H12F2N4/c13-10-2-1-8(3-11(10)14)4-12(18-15)9-5-16-7-17-6-9/h1-3,5-7,12,18H,4,15H2. The maximum Gasteiger partial charge on any atom is 0.159 e. The minimum Gasteiger partial charge on any atom is -0.271 e. The summed E-state index contributed by atoms with van der Waals surface area (Å²) >= 11 is 0. The van der Waals surface area contributed by atoms with Gasteiger partial charge in [-0.2, -0.15) is 0 Å². The smallest absolute Gasteiger partial charge is 0.159 e. The van der Waals surface area contributed by atoms with E-state index in [1.165, 1.54) is 12.4 Å². The lowest BCUT2D eigenvalue weighted by atomic mass is 10.0. The molecule has 0 fully saturated rings. The fourth-order valence-corrected chi connectivity index (χ4v) is 1.67. The third-order valence-electron chi connectivity index (χ3n) is 2.61. The summed E-state index contributed by atoms with van der Waals surface area (Å²) in [5, 5.41) is 0. The number of aromatic nitrogens is 2. The molecular weight excluding hydrogens is 238 g/mol. The predicted molar refractivity (Wildman–Crippen MR) is 62.2 cm³/mol. The lowest BCUT2D eigenvalue weighted by Gasteiger charge is -2.15. The largest absolute Gasteiger partial charge is 0.271 e. The molecule has 0 radical (unpaired) electrons. The van der Waals surface area contributed by atoms with E-state index in [9.17, 15) is 8.78 Å². The van der Waals surface area contributed by atoms with Gasteiger partial charge in [-0.3, -0.25) is 11.3 Å². The number of nitrogens with zero attached hydrogens (tertiary/aromatic N) is 2. The summed E-state index contributed by atoms with van der Waals surface area (Å²) in [5.74, 6) is 3.72. The van der Waals surface area contributed by atoms with Gasteiger partial charge in [-0.15, -0.1) is 0 Å². The van der Waals surface area contributed by atoms with Crippen LogP contribution in [-0.4, -0.2) is 9.97 Å². The van der Waals surface area contributed by atoms with Gasteiger partial charge in [0.2, 0.25) is 0 Å². The van der Waals surface area contributed by atoms with Gasteiger partial charge in [-0.1, -0.05) is 6.07 Å². The van der Waals surface area contributed by atoms with Crippen molar-refractivity contribution in [3.05, 3.63) is 59.7 Å².